The highest BCUT2D eigenvalue weighted by atomic mass is 16.7. The van der Waals surface area contributed by atoms with Gasteiger partial charge < -0.3 is 9.47 Å². The topological polar surface area (TPSA) is 42.2 Å². The molecule has 1 aliphatic carbocycles. The van der Waals surface area contributed by atoms with E-state index >= 15 is 0 Å². The smallest absolute Gasteiger partial charge is 0.231 e. The zero-order valence-corrected chi connectivity index (χ0v) is 7.36. The molecule has 1 unspecified atom stereocenters. The van der Waals surface area contributed by atoms with Gasteiger partial charge in [0, 0.05) is 5.56 Å². The molecule has 0 bridgehead atoms. The second kappa shape index (κ2) is 2.52. The molecule has 0 amide bonds. The van der Waals surface area contributed by atoms with E-state index in [1.807, 2.05) is 24.3 Å². The van der Waals surface area contributed by atoms with Gasteiger partial charge in [0.2, 0.25) is 6.79 Å². The standard InChI is InChI=1S/C11H7NO2/c12-5-7-1-2-9-8(7)3-4-10-11(9)14-6-13-10/h1-4,7H,6H2. The maximum Gasteiger partial charge on any atom is 0.231 e. The van der Waals surface area contributed by atoms with E-state index in [2.05, 4.69) is 6.07 Å². The number of ether oxygens (including phenoxy) is 2. The van der Waals surface area contributed by atoms with E-state index in [4.69, 9.17) is 14.7 Å². The summed E-state index contributed by atoms with van der Waals surface area (Å²) < 4.78 is 10.6. The van der Waals surface area contributed by atoms with Crippen molar-refractivity contribution in [2.75, 3.05) is 6.79 Å². The summed E-state index contributed by atoms with van der Waals surface area (Å²) in [5, 5.41) is 8.89. The van der Waals surface area contributed by atoms with E-state index in [0.29, 0.717) is 0 Å². The normalized spacial score (nSPS) is 20.6. The van der Waals surface area contributed by atoms with Crippen molar-refractivity contribution < 1.29 is 9.47 Å². The quantitative estimate of drug-likeness (QED) is 0.621. The summed E-state index contributed by atoms with van der Waals surface area (Å²) in [6, 6.07) is 6.02. The molecule has 3 nitrogen and oxygen atoms in total. The van der Waals surface area contributed by atoms with Crippen molar-refractivity contribution in [3.63, 3.8) is 0 Å². The third kappa shape index (κ3) is 0.801. The lowest BCUT2D eigenvalue weighted by atomic mass is 10.0. The second-order valence-electron chi connectivity index (χ2n) is 3.27. The van der Waals surface area contributed by atoms with Crippen LogP contribution in [0.4, 0.5) is 0 Å². The van der Waals surface area contributed by atoms with Crippen molar-refractivity contribution in [2.24, 2.45) is 0 Å². The molecule has 3 heteroatoms. The Balaban J connectivity index is 2.23. The summed E-state index contributed by atoms with van der Waals surface area (Å²) in [5.74, 6) is 1.41. The molecule has 0 fully saturated rings. The van der Waals surface area contributed by atoms with Crippen LogP contribution in [-0.4, -0.2) is 6.79 Å². The summed E-state index contributed by atoms with van der Waals surface area (Å²) in [7, 11) is 0. The highest BCUT2D eigenvalue weighted by molar-refractivity contribution is 5.73. The Kier molecular flexibility index (Phi) is 1.34. The first-order valence-electron chi connectivity index (χ1n) is 4.40. The van der Waals surface area contributed by atoms with E-state index < -0.39 is 0 Å². The second-order valence-corrected chi connectivity index (χ2v) is 3.27. The number of allylic oxidation sites excluding steroid dienone is 1. The maximum atomic E-state index is 8.89. The molecular formula is C11H7NO2. The predicted octanol–water partition coefficient (Wildman–Crippen LogP) is 2.05. The van der Waals surface area contributed by atoms with Crippen LogP contribution in [-0.2, 0) is 0 Å². The van der Waals surface area contributed by atoms with E-state index in [-0.39, 0.29) is 12.7 Å². The molecule has 1 atom stereocenters. The number of hydrogen-bond acceptors (Lipinski definition) is 3. The van der Waals surface area contributed by atoms with Crippen LogP contribution in [0.1, 0.15) is 17.0 Å². The van der Waals surface area contributed by atoms with E-state index in [1.165, 1.54) is 0 Å². The number of hydrogen-bond donors (Lipinski definition) is 0. The molecule has 68 valence electrons. The number of fused-ring (bicyclic) bond motifs is 3. The van der Waals surface area contributed by atoms with Gasteiger partial charge in [-0.05, 0) is 11.6 Å². The highest BCUT2D eigenvalue weighted by Crippen LogP contribution is 2.43. The molecule has 1 aromatic carbocycles. The molecule has 14 heavy (non-hydrogen) atoms. The van der Waals surface area contributed by atoms with Crippen LogP contribution in [0.25, 0.3) is 6.08 Å². The fraction of sp³-hybridized carbons (Fsp3) is 0.182. The lowest BCUT2D eigenvalue weighted by Gasteiger charge is -2.04. The van der Waals surface area contributed by atoms with Gasteiger partial charge in [-0.1, -0.05) is 18.2 Å². The van der Waals surface area contributed by atoms with Crippen LogP contribution in [0.5, 0.6) is 11.5 Å². The van der Waals surface area contributed by atoms with Crippen LogP contribution in [0.3, 0.4) is 0 Å². The van der Waals surface area contributed by atoms with E-state index in [1.54, 1.807) is 0 Å². The first kappa shape index (κ1) is 7.45. The van der Waals surface area contributed by atoms with Crippen molar-refractivity contribution >= 4 is 6.08 Å². The number of rotatable bonds is 0. The highest BCUT2D eigenvalue weighted by Gasteiger charge is 2.25. The van der Waals surface area contributed by atoms with Crippen LogP contribution in [0, 0.1) is 11.3 Å². The molecule has 2 aliphatic rings. The summed E-state index contributed by atoms with van der Waals surface area (Å²) in [6.45, 7) is 0.275. The largest absolute Gasteiger partial charge is 0.454 e. The summed E-state index contributed by atoms with van der Waals surface area (Å²) in [6.07, 6.45) is 3.81. The minimum Gasteiger partial charge on any atom is -0.454 e. The van der Waals surface area contributed by atoms with Crippen LogP contribution >= 0.6 is 0 Å². The average molecular weight is 185 g/mol. The van der Waals surface area contributed by atoms with Gasteiger partial charge >= 0.3 is 0 Å². The molecule has 0 aromatic heterocycles. The van der Waals surface area contributed by atoms with Gasteiger partial charge in [0.05, 0.1) is 12.0 Å². The van der Waals surface area contributed by atoms with Crippen molar-refractivity contribution in [3.05, 3.63) is 29.3 Å². The summed E-state index contributed by atoms with van der Waals surface area (Å²) >= 11 is 0. The first-order valence-corrected chi connectivity index (χ1v) is 4.40. The monoisotopic (exact) mass is 185 g/mol. The van der Waals surface area contributed by atoms with E-state index in [0.717, 1.165) is 22.6 Å². The Labute approximate surface area is 81.2 Å². The molecule has 1 heterocycles. The van der Waals surface area contributed by atoms with Crippen molar-refractivity contribution in [3.8, 4) is 17.6 Å². The van der Waals surface area contributed by atoms with Crippen LogP contribution < -0.4 is 9.47 Å². The zero-order chi connectivity index (χ0) is 9.54. The fourth-order valence-electron chi connectivity index (χ4n) is 1.86. The third-order valence-electron chi connectivity index (χ3n) is 2.54. The van der Waals surface area contributed by atoms with Gasteiger partial charge in [-0.3, -0.25) is 0 Å². The molecular weight excluding hydrogens is 178 g/mol. The molecule has 0 saturated carbocycles. The minimum atomic E-state index is -0.139. The minimum absolute atomic E-state index is 0.139. The van der Waals surface area contributed by atoms with Gasteiger partial charge in [0.1, 0.15) is 0 Å². The lowest BCUT2D eigenvalue weighted by Crippen LogP contribution is -1.94. The molecule has 0 radical (unpaired) electrons. The van der Waals surface area contributed by atoms with Gasteiger partial charge in [0.15, 0.2) is 11.5 Å². The van der Waals surface area contributed by atoms with Gasteiger partial charge in [0.25, 0.3) is 0 Å². The van der Waals surface area contributed by atoms with Crippen molar-refractivity contribution in [1.29, 1.82) is 5.26 Å². The van der Waals surface area contributed by atoms with Crippen LogP contribution in [0.15, 0.2) is 18.2 Å². The SMILES string of the molecule is N#CC1C=Cc2c1ccc1c2OCO1. The van der Waals surface area contributed by atoms with Gasteiger partial charge in [-0.25, -0.2) is 0 Å². The zero-order valence-electron chi connectivity index (χ0n) is 7.36. The Morgan fingerprint density at radius 2 is 2.29 bits per heavy atom. The van der Waals surface area contributed by atoms with Gasteiger partial charge in [-0.15, -0.1) is 0 Å². The Hall–Kier alpha value is -1.95. The molecule has 1 aromatic rings. The average Bonchev–Trinajstić information content (AvgIpc) is 2.82. The summed E-state index contributed by atoms with van der Waals surface area (Å²) in [4.78, 5) is 0. The van der Waals surface area contributed by atoms with Crippen molar-refractivity contribution in [1.82, 2.24) is 0 Å². The Morgan fingerprint density at radius 1 is 1.36 bits per heavy atom. The van der Waals surface area contributed by atoms with Crippen LogP contribution in [0.2, 0.25) is 0 Å². The number of benzene rings is 1. The Morgan fingerprint density at radius 3 is 3.14 bits per heavy atom. The first-order chi connectivity index (χ1) is 6.90. The maximum absolute atomic E-state index is 8.89. The third-order valence-corrected chi connectivity index (χ3v) is 2.54. The van der Waals surface area contributed by atoms with Gasteiger partial charge in [-0.2, -0.15) is 5.26 Å². The predicted molar refractivity (Wildman–Crippen MR) is 50.0 cm³/mol. The molecule has 0 saturated heterocycles. The Bertz CT molecular complexity index is 471. The lowest BCUT2D eigenvalue weighted by molar-refractivity contribution is 0.173. The fourth-order valence-corrected chi connectivity index (χ4v) is 1.86. The molecule has 0 N–H and O–H groups in total. The number of nitrogens with zero attached hydrogens (tertiary/aromatic N) is 1. The number of nitriles is 1. The molecule has 1 aliphatic heterocycles. The summed E-state index contributed by atoms with van der Waals surface area (Å²) in [5.41, 5.74) is 2.00. The molecule has 0 spiro atoms. The molecule has 3 rings (SSSR count). The van der Waals surface area contributed by atoms with E-state index in [9.17, 15) is 0 Å². The van der Waals surface area contributed by atoms with Crippen molar-refractivity contribution in [2.45, 2.75) is 5.92 Å².